The molecule has 14 heavy (non-hydrogen) atoms. The number of hydrogen-bond donors (Lipinski definition) is 0. The van der Waals surface area contributed by atoms with E-state index in [9.17, 15) is 0 Å². The second kappa shape index (κ2) is 5.25. The van der Waals surface area contributed by atoms with Crippen molar-refractivity contribution in [3.63, 3.8) is 0 Å². The fraction of sp³-hybridized carbons (Fsp3) is 0.455. The van der Waals surface area contributed by atoms with Gasteiger partial charge in [-0.3, -0.25) is 0 Å². The van der Waals surface area contributed by atoms with Crippen molar-refractivity contribution in [1.82, 2.24) is 0 Å². The Labute approximate surface area is 93.4 Å². The molecule has 0 aliphatic rings. The molecule has 0 spiro atoms. The molecular formula is C11H15BrO2. The van der Waals surface area contributed by atoms with Gasteiger partial charge in [0.25, 0.3) is 0 Å². The second-order valence-corrected chi connectivity index (χ2v) is 4.69. The molecule has 0 amide bonds. The van der Waals surface area contributed by atoms with Crippen molar-refractivity contribution in [2.45, 2.75) is 18.2 Å². The summed E-state index contributed by atoms with van der Waals surface area (Å²) in [6.07, 6.45) is 0.896. The first-order chi connectivity index (χ1) is 6.69. The molecule has 0 radical (unpaired) electrons. The average Bonchev–Trinajstić information content (AvgIpc) is 2.17. The van der Waals surface area contributed by atoms with Crippen molar-refractivity contribution in [2.24, 2.45) is 0 Å². The number of alkyl halides is 1. The van der Waals surface area contributed by atoms with E-state index >= 15 is 0 Å². The Morgan fingerprint density at radius 3 is 2.07 bits per heavy atom. The zero-order valence-electron chi connectivity index (χ0n) is 8.71. The SMILES string of the molecule is COc1cccc(OC)c1CC(C)Br. The third kappa shape index (κ3) is 2.64. The molecule has 2 nitrogen and oxygen atoms in total. The lowest BCUT2D eigenvalue weighted by atomic mass is 10.1. The maximum Gasteiger partial charge on any atom is 0.125 e. The van der Waals surface area contributed by atoms with Crippen LogP contribution in [0.3, 0.4) is 0 Å². The average molecular weight is 259 g/mol. The molecule has 0 aliphatic carbocycles. The molecule has 0 aromatic heterocycles. The highest BCUT2D eigenvalue weighted by Crippen LogP contribution is 2.30. The van der Waals surface area contributed by atoms with E-state index in [1.807, 2.05) is 18.2 Å². The number of hydrogen-bond acceptors (Lipinski definition) is 2. The highest BCUT2D eigenvalue weighted by Gasteiger charge is 2.11. The quantitative estimate of drug-likeness (QED) is 0.774. The van der Waals surface area contributed by atoms with Gasteiger partial charge in [0.2, 0.25) is 0 Å². The van der Waals surface area contributed by atoms with E-state index in [2.05, 4.69) is 22.9 Å². The zero-order chi connectivity index (χ0) is 10.6. The zero-order valence-corrected chi connectivity index (χ0v) is 10.3. The highest BCUT2D eigenvalue weighted by atomic mass is 79.9. The minimum Gasteiger partial charge on any atom is -0.496 e. The van der Waals surface area contributed by atoms with E-state index < -0.39 is 0 Å². The largest absolute Gasteiger partial charge is 0.496 e. The van der Waals surface area contributed by atoms with Gasteiger partial charge in [0.15, 0.2) is 0 Å². The molecule has 1 atom stereocenters. The summed E-state index contributed by atoms with van der Waals surface area (Å²) >= 11 is 3.53. The standard InChI is InChI=1S/C11H15BrO2/c1-8(12)7-9-10(13-2)5-4-6-11(9)14-3/h4-6,8H,7H2,1-3H3. The first-order valence-corrected chi connectivity index (χ1v) is 5.44. The van der Waals surface area contributed by atoms with Crippen LogP contribution in [0.15, 0.2) is 18.2 Å². The van der Waals surface area contributed by atoms with E-state index in [-0.39, 0.29) is 0 Å². The summed E-state index contributed by atoms with van der Waals surface area (Å²) < 4.78 is 10.6. The summed E-state index contributed by atoms with van der Waals surface area (Å²) in [5.41, 5.74) is 1.11. The lowest BCUT2D eigenvalue weighted by Gasteiger charge is -2.13. The van der Waals surface area contributed by atoms with Gasteiger partial charge >= 0.3 is 0 Å². The molecular weight excluding hydrogens is 244 g/mol. The number of halogens is 1. The molecule has 0 saturated carbocycles. The van der Waals surface area contributed by atoms with Crippen molar-refractivity contribution in [2.75, 3.05) is 14.2 Å². The molecule has 0 bridgehead atoms. The summed E-state index contributed by atoms with van der Waals surface area (Å²) in [5, 5.41) is 0. The van der Waals surface area contributed by atoms with Crippen molar-refractivity contribution in [1.29, 1.82) is 0 Å². The Morgan fingerprint density at radius 2 is 1.71 bits per heavy atom. The van der Waals surface area contributed by atoms with Gasteiger partial charge in [0.1, 0.15) is 11.5 Å². The molecule has 1 aromatic rings. The normalized spacial score (nSPS) is 12.3. The van der Waals surface area contributed by atoms with Crippen LogP contribution in [0.25, 0.3) is 0 Å². The molecule has 1 aromatic carbocycles. The number of ether oxygens (including phenoxy) is 2. The molecule has 0 fully saturated rings. The number of rotatable bonds is 4. The lowest BCUT2D eigenvalue weighted by Crippen LogP contribution is -2.02. The topological polar surface area (TPSA) is 18.5 Å². The van der Waals surface area contributed by atoms with E-state index in [1.54, 1.807) is 14.2 Å². The van der Waals surface area contributed by atoms with Gasteiger partial charge in [-0.15, -0.1) is 0 Å². The van der Waals surface area contributed by atoms with Gasteiger partial charge < -0.3 is 9.47 Å². The predicted octanol–water partition coefficient (Wildman–Crippen LogP) is 3.03. The Bertz CT molecular complexity index is 275. The Balaban J connectivity index is 3.05. The van der Waals surface area contributed by atoms with Crippen LogP contribution in [0.5, 0.6) is 11.5 Å². The van der Waals surface area contributed by atoms with Crippen molar-refractivity contribution < 1.29 is 9.47 Å². The third-order valence-electron chi connectivity index (χ3n) is 2.02. The van der Waals surface area contributed by atoms with Gasteiger partial charge in [0.05, 0.1) is 14.2 Å². The van der Waals surface area contributed by atoms with E-state index in [0.717, 1.165) is 23.5 Å². The summed E-state index contributed by atoms with van der Waals surface area (Å²) in [6, 6.07) is 5.83. The molecule has 0 saturated heterocycles. The Morgan fingerprint density at radius 1 is 1.21 bits per heavy atom. The van der Waals surface area contributed by atoms with E-state index in [4.69, 9.17) is 9.47 Å². The fourth-order valence-electron chi connectivity index (χ4n) is 1.41. The fourth-order valence-corrected chi connectivity index (χ4v) is 1.73. The Hall–Kier alpha value is -0.700. The van der Waals surface area contributed by atoms with Crippen LogP contribution in [0.4, 0.5) is 0 Å². The van der Waals surface area contributed by atoms with Crippen LogP contribution in [0.1, 0.15) is 12.5 Å². The maximum absolute atomic E-state index is 5.29. The molecule has 0 heterocycles. The van der Waals surface area contributed by atoms with Crippen LogP contribution in [0.2, 0.25) is 0 Å². The molecule has 1 rings (SSSR count). The van der Waals surface area contributed by atoms with Gasteiger partial charge in [0, 0.05) is 10.4 Å². The number of methoxy groups -OCH3 is 2. The first-order valence-electron chi connectivity index (χ1n) is 4.53. The molecule has 1 unspecified atom stereocenters. The van der Waals surface area contributed by atoms with Crippen molar-refractivity contribution in [3.05, 3.63) is 23.8 Å². The summed E-state index contributed by atoms with van der Waals surface area (Å²) in [5.74, 6) is 1.77. The van der Waals surface area contributed by atoms with Crippen molar-refractivity contribution >= 4 is 15.9 Å². The minimum atomic E-state index is 0.410. The highest BCUT2D eigenvalue weighted by molar-refractivity contribution is 9.09. The van der Waals surface area contributed by atoms with Gasteiger partial charge in [-0.25, -0.2) is 0 Å². The second-order valence-electron chi connectivity index (χ2n) is 3.13. The van der Waals surface area contributed by atoms with Gasteiger partial charge in [-0.05, 0) is 18.6 Å². The molecule has 3 heteroatoms. The third-order valence-corrected chi connectivity index (χ3v) is 2.34. The first kappa shape index (κ1) is 11.4. The van der Waals surface area contributed by atoms with Crippen LogP contribution in [-0.2, 0) is 6.42 Å². The molecule has 0 N–H and O–H groups in total. The van der Waals surface area contributed by atoms with E-state index in [1.165, 1.54) is 0 Å². The van der Waals surface area contributed by atoms with Crippen LogP contribution < -0.4 is 9.47 Å². The summed E-state index contributed by atoms with van der Waals surface area (Å²) in [6.45, 7) is 2.10. The van der Waals surface area contributed by atoms with Crippen molar-refractivity contribution in [3.8, 4) is 11.5 Å². The van der Waals surface area contributed by atoms with Crippen LogP contribution in [0, 0.1) is 0 Å². The van der Waals surface area contributed by atoms with Crippen LogP contribution in [-0.4, -0.2) is 19.0 Å². The van der Waals surface area contributed by atoms with Gasteiger partial charge in [-0.1, -0.05) is 28.9 Å². The molecule has 0 aliphatic heterocycles. The lowest BCUT2D eigenvalue weighted by molar-refractivity contribution is 0.385. The summed E-state index contributed by atoms with van der Waals surface area (Å²) in [4.78, 5) is 0.410. The molecule has 78 valence electrons. The summed E-state index contributed by atoms with van der Waals surface area (Å²) in [7, 11) is 3.36. The van der Waals surface area contributed by atoms with Crippen LogP contribution >= 0.6 is 15.9 Å². The monoisotopic (exact) mass is 258 g/mol. The number of benzene rings is 1. The smallest absolute Gasteiger partial charge is 0.125 e. The maximum atomic E-state index is 5.29. The van der Waals surface area contributed by atoms with Gasteiger partial charge in [-0.2, -0.15) is 0 Å². The van der Waals surface area contributed by atoms with E-state index in [0.29, 0.717) is 4.83 Å². The Kier molecular flexibility index (Phi) is 4.26. The predicted molar refractivity (Wildman–Crippen MR) is 61.6 cm³/mol. The minimum absolute atomic E-state index is 0.410.